The lowest BCUT2D eigenvalue weighted by Crippen LogP contribution is -2.29. The van der Waals surface area contributed by atoms with Crippen molar-refractivity contribution in [1.29, 1.82) is 0 Å². The molecule has 4 atom stereocenters. The molecule has 30 heavy (non-hydrogen) atoms. The van der Waals surface area contributed by atoms with Gasteiger partial charge in [0.2, 0.25) is 0 Å². The smallest absolute Gasteiger partial charge is 0.334 e. The highest BCUT2D eigenvalue weighted by atomic mass is 35.5. The molecule has 1 aliphatic carbocycles. The van der Waals surface area contributed by atoms with E-state index in [1.54, 1.807) is 12.1 Å². The molecule has 3 aliphatic rings. The zero-order valence-electron chi connectivity index (χ0n) is 16.9. The molecule has 0 amide bonds. The number of hydrogen-bond acceptors (Lipinski definition) is 5. The van der Waals surface area contributed by atoms with Gasteiger partial charge in [-0.2, -0.15) is 0 Å². The second-order valence-electron chi connectivity index (χ2n) is 8.26. The third-order valence-electron chi connectivity index (χ3n) is 6.14. The standard InChI is InChI=1S/C24H25ClO5/c1-15-18-11-9-16(6-5-13-24(2)22(30-24)21(18)29-23(15)27)14-28-20(26)12-10-17-7-3-4-8-19(17)25/h3-4,6-8,10,12,18,21-22H,1,5,9,11,13-14H2,2H3/b12-10+,16-6+/t18-,21-,22-,24+/m0/s1. The van der Waals surface area contributed by atoms with E-state index in [0.717, 1.165) is 24.0 Å². The summed E-state index contributed by atoms with van der Waals surface area (Å²) in [5.74, 6) is -0.822. The fraction of sp³-hybridized carbons (Fsp3) is 0.417. The lowest BCUT2D eigenvalue weighted by Gasteiger charge is -2.20. The minimum absolute atomic E-state index is 0.0616. The van der Waals surface area contributed by atoms with E-state index in [2.05, 4.69) is 19.6 Å². The van der Waals surface area contributed by atoms with Gasteiger partial charge >= 0.3 is 11.9 Å². The van der Waals surface area contributed by atoms with Crippen LogP contribution in [0.25, 0.3) is 6.08 Å². The molecule has 0 bridgehead atoms. The Hall–Kier alpha value is -2.37. The van der Waals surface area contributed by atoms with E-state index >= 15 is 0 Å². The van der Waals surface area contributed by atoms with Gasteiger partial charge in [0.1, 0.15) is 18.8 Å². The summed E-state index contributed by atoms with van der Waals surface area (Å²) in [5, 5.41) is 0.578. The van der Waals surface area contributed by atoms with Crippen LogP contribution >= 0.6 is 11.6 Å². The van der Waals surface area contributed by atoms with Crippen molar-refractivity contribution in [3.8, 4) is 0 Å². The molecule has 4 rings (SSSR count). The number of rotatable bonds is 4. The maximum atomic E-state index is 12.2. The Morgan fingerprint density at radius 2 is 2.20 bits per heavy atom. The maximum Gasteiger partial charge on any atom is 0.334 e. The van der Waals surface area contributed by atoms with Gasteiger partial charge in [0.25, 0.3) is 0 Å². The molecule has 0 unspecified atom stereocenters. The maximum absolute atomic E-state index is 12.2. The molecule has 0 N–H and O–H groups in total. The number of fused-ring (bicyclic) bond motifs is 3. The first-order valence-electron chi connectivity index (χ1n) is 10.2. The topological polar surface area (TPSA) is 65.1 Å². The first-order chi connectivity index (χ1) is 14.4. The predicted molar refractivity (Wildman–Crippen MR) is 114 cm³/mol. The summed E-state index contributed by atoms with van der Waals surface area (Å²) < 4.78 is 16.9. The molecule has 5 nitrogen and oxygen atoms in total. The highest BCUT2D eigenvalue weighted by molar-refractivity contribution is 6.32. The molecule has 0 radical (unpaired) electrons. The van der Waals surface area contributed by atoms with Crippen molar-refractivity contribution >= 4 is 29.6 Å². The number of esters is 2. The Morgan fingerprint density at radius 3 is 3.00 bits per heavy atom. The third-order valence-corrected chi connectivity index (χ3v) is 6.49. The average molecular weight is 429 g/mol. The van der Waals surface area contributed by atoms with Crippen molar-refractivity contribution in [1.82, 2.24) is 0 Å². The van der Waals surface area contributed by atoms with E-state index in [9.17, 15) is 9.59 Å². The Balaban J connectivity index is 1.38. The number of carbonyl (C=O) groups excluding carboxylic acids is 2. The first kappa shape index (κ1) is 20.9. The van der Waals surface area contributed by atoms with Crippen LogP contribution in [0, 0.1) is 5.92 Å². The fourth-order valence-corrected chi connectivity index (χ4v) is 4.43. The summed E-state index contributed by atoms with van der Waals surface area (Å²) >= 11 is 6.10. The summed E-state index contributed by atoms with van der Waals surface area (Å²) in [6.45, 7) is 6.19. The van der Waals surface area contributed by atoms with Crippen molar-refractivity contribution < 1.29 is 23.8 Å². The average Bonchev–Trinajstić information content (AvgIpc) is 3.31. The zero-order valence-corrected chi connectivity index (χ0v) is 17.7. The molecular weight excluding hydrogens is 404 g/mol. The molecule has 1 aromatic rings. The molecule has 6 heteroatoms. The first-order valence-corrected chi connectivity index (χ1v) is 10.6. The number of ether oxygens (including phenoxy) is 3. The van der Waals surface area contributed by atoms with Crippen LogP contribution in [0.2, 0.25) is 5.02 Å². The van der Waals surface area contributed by atoms with Gasteiger partial charge in [0.15, 0.2) is 0 Å². The second-order valence-corrected chi connectivity index (χ2v) is 8.66. The molecule has 0 aromatic heterocycles. The second kappa shape index (κ2) is 8.40. The van der Waals surface area contributed by atoms with Gasteiger partial charge < -0.3 is 14.2 Å². The van der Waals surface area contributed by atoms with Crippen molar-refractivity contribution in [2.75, 3.05) is 6.61 Å². The van der Waals surface area contributed by atoms with Crippen LogP contribution in [0.5, 0.6) is 0 Å². The largest absolute Gasteiger partial charge is 0.458 e. The van der Waals surface area contributed by atoms with Crippen molar-refractivity contribution in [2.24, 2.45) is 5.92 Å². The van der Waals surface area contributed by atoms with Crippen LogP contribution in [-0.4, -0.2) is 36.4 Å². The van der Waals surface area contributed by atoms with E-state index in [1.807, 2.05) is 18.2 Å². The van der Waals surface area contributed by atoms with Crippen LogP contribution in [0.4, 0.5) is 0 Å². The minimum Gasteiger partial charge on any atom is -0.458 e. The van der Waals surface area contributed by atoms with Crippen LogP contribution < -0.4 is 0 Å². The van der Waals surface area contributed by atoms with Gasteiger partial charge in [0, 0.05) is 22.6 Å². The normalized spacial score (nSPS) is 32.6. The molecule has 2 heterocycles. The van der Waals surface area contributed by atoms with Crippen LogP contribution in [0.1, 0.15) is 38.2 Å². The Bertz CT molecular complexity index is 933. The molecule has 2 aliphatic heterocycles. The number of halogens is 1. The van der Waals surface area contributed by atoms with Crippen molar-refractivity contribution in [3.05, 3.63) is 64.7 Å². The third kappa shape index (κ3) is 4.37. The summed E-state index contributed by atoms with van der Waals surface area (Å²) in [5.41, 5.74) is 2.03. The Kier molecular flexibility index (Phi) is 5.85. The number of epoxide rings is 1. The summed E-state index contributed by atoms with van der Waals surface area (Å²) in [6, 6.07) is 7.29. The lowest BCUT2D eigenvalue weighted by atomic mass is 9.84. The van der Waals surface area contributed by atoms with E-state index in [0.29, 0.717) is 23.4 Å². The Morgan fingerprint density at radius 1 is 1.40 bits per heavy atom. The highest BCUT2D eigenvalue weighted by Gasteiger charge is 2.61. The highest BCUT2D eigenvalue weighted by Crippen LogP contribution is 2.49. The molecule has 158 valence electrons. The van der Waals surface area contributed by atoms with Crippen molar-refractivity contribution in [2.45, 2.75) is 50.4 Å². The predicted octanol–water partition coefficient (Wildman–Crippen LogP) is 4.65. The molecule has 0 saturated carbocycles. The number of allylic oxidation sites excluding steroid dienone is 1. The SMILES string of the molecule is C=C1C(=O)O[C@H]2[C@H]1CC/C(COC(=O)/C=C/c1ccccc1Cl)=C\CC[C@@]1(C)O[C@@H]21. The van der Waals surface area contributed by atoms with Crippen LogP contribution in [0.15, 0.2) is 54.1 Å². The van der Waals surface area contributed by atoms with Gasteiger partial charge in [-0.3, -0.25) is 0 Å². The minimum atomic E-state index is -0.424. The van der Waals surface area contributed by atoms with Crippen molar-refractivity contribution in [3.63, 3.8) is 0 Å². The number of benzene rings is 1. The van der Waals surface area contributed by atoms with Gasteiger partial charge in [-0.1, -0.05) is 42.5 Å². The summed E-state index contributed by atoms with van der Waals surface area (Å²) in [7, 11) is 0. The monoisotopic (exact) mass is 428 g/mol. The number of hydrogen-bond donors (Lipinski definition) is 0. The van der Waals surface area contributed by atoms with Crippen LogP contribution in [-0.2, 0) is 23.8 Å². The Labute approximate surface area is 181 Å². The quantitative estimate of drug-likeness (QED) is 0.302. The summed E-state index contributed by atoms with van der Waals surface area (Å²) in [4.78, 5) is 24.2. The molecule has 0 spiro atoms. The number of carbonyl (C=O) groups is 2. The summed E-state index contributed by atoms with van der Waals surface area (Å²) in [6.07, 6.45) is 7.89. The fourth-order valence-electron chi connectivity index (χ4n) is 4.23. The molecule has 2 fully saturated rings. The van der Waals surface area contributed by atoms with Gasteiger partial charge in [-0.05, 0) is 55.9 Å². The van der Waals surface area contributed by atoms with Crippen LogP contribution in [0.3, 0.4) is 0 Å². The van der Waals surface area contributed by atoms with E-state index in [1.165, 1.54) is 6.08 Å². The van der Waals surface area contributed by atoms with E-state index in [-0.39, 0.29) is 36.3 Å². The zero-order chi connectivity index (χ0) is 21.3. The van der Waals surface area contributed by atoms with E-state index in [4.69, 9.17) is 25.8 Å². The molecular formula is C24H25ClO5. The van der Waals surface area contributed by atoms with E-state index < -0.39 is 5.97 Å². The van der Waals surface area contributed by atoms with Gasteiger partial charge in [-0.15, -0.1) is 0 Å². The lowest BCUT2D eigenvalue weighted by molar-refractivity contribution is -0.140. The van der Waals surface area contributed by atoms with Gasteiger partial charge in [-0.25, -0.2) is 9.59 Å². The molecule has 2 saturated heterocycles. The van der Waals surface area contributed by atoms with Gasteiger partial charge in [0.05, 0.1) is 5.60 Å². The molecule has 1 aromatic carbocycles.